The van der Waals surface area contributed by atoms with E-state index in [0.717, 1.165) is 32.8 Å². The molecular weight excluding hydrogens is 274 g/mol. The van der Waals surface area contributed by atoms with Gasteiger partial charge in [-0.2, -0.15) is 0 Å². The van der Waals surface area contributed by atoms with Crippen molar-refractivity contribution in [3.05, 3.63) is 23.8 Å². The Morgan fingerprint density at radius 1 is 1.38 bits per heavy atom. The Balaban J connectivity index is 1.92. The molecule has 116 valence electrons. The molecule has 0 spiro atoms. The molecule has 0 unspecified atom stereocenters. The first-order chi connectivity index (χ1) is 10.2. The van der Waals surface area contributed by atoms with Crippen molar-refractivity contribution in [3.63, 3.8) is 0 Å². The van der Waals surface area contributed by atoms with Crippen LogP contribution in [0.5, 0.6) is 11.5 Å². The topological polar surface area (TPSA) is 89.5 Å². The number of morpholine rings is 1. The smallest absolute Gasteiger partial charge is 0.170 e. The number of methoxy groups -OCH3 is 1. The third kappa shape index (κ3) is 4.24. The molecule has 3 N–H and O–H groups in total. The molecule has 1 aromatic carbocycles. The number of rotatable bonds is 6. The molecule has 0 bridgehead atoms. The SMILES string of the molecule is COc1cc(C(N)=NO)ccc1OCCN1CCOCC1. The van der Waals surface area contributed by atoms with Gasteiger partial charge in [0.25, 0.3) is 0 Å². The van der Waals surface area contributed by atoms with E-state index in [1.54, 1.807) is 25.3 Å². The predicted octanol–water partition coefficient (Wildman–Crippen LogP) is 0.501. The number of nitrogens with two attached hydrogens (primary N) is 1. The van der Waals surface area contributed by atoms with Crippen LogP contribution in [0.25, 0.3) is 0 Å². The number of hydrogen-bond acceptors (Lipinski definition) is 6. The predicted molar refractivity (Wildman–Crippen MR) is 78.3 cm³/mol. The summed E-state index contributed by atoms with van der Waals surface area (Å²) in [7, 11) is 1.56. The molecule has 2 rings (SSSR count). The van der Waals surface area contributed by atoms with Crippen LogP contribution in [0.3, 0.4) is 0 Å². The first-order valence-electron chi connectivity index (χ1n) is 6.83. The lowest BCUT2D eigenvalue weighted by Gasteiger charge is -2.26. The summed E-state index contributed by atoms with van der Waals surface area (Å²) < 4.78 is 16.3. The first kappa shape index (κ1) is 15.4. The molecule has 1 heterocycles. The second kappa shape index (κ2) is 7.70. The number of oxime groups is 1. The Bertz CT molecular complexity index is 487. The van der Waals surface area contributed by atoms with Crippen LogP contribution in [0.1, 0.15) is 5.56 Å². The number of hydrogen-bond donors (Lipinski definition) is 2. The minimum atomic E-state index is 0.0353. The zero-order valence-corrected chi connectivity index (χ0v) is 12.1. The fraction of sp³-hybridized carbons (Fsp3) is 0.500. The second-order valence-corrected chi connectivity index (χ2v) is 4.65. The van der Waals surface area contributed by atoms with E-state index < -0.39 is 0 Å². The molecule has 1 fully saturated rings. The molecule has 0 atom stereocenters. The minimum absolute atomic E-state index is 0.0353. The summed E-state index contributed by atoms with van der Waals surface area (Å²) in [6.45, 7) is 4.83. The van der Waals surface area contributed by atoms with Gasteiger partial charge in [0.2, 0.25) is 0 Å². The van der Waals surface area contributed by atoms with Crippen LogP contribution in [0.15, 0.2) is 23.4 Å². The van der Waals surface area contributed by atoms with E-state index in [-0.39, 0.29) is 5.84 Å². The van der Waals surface area contributed by atoms with Gasteiger partial charge in [-0.1, -0.05) is 5.16 Å². The maximum absolute atomic E-state index is 8.68. The van der Waals surface area contributed by atoms with Crippen molar-refractivity contribution in [3.8, 4) is 11.5 Å². The van der Waals surface area contributed by atoms with Crippen molar-refractivity contribution < 1.29 is 19.4 Å². The maximum atomic E-state index is 8.68. The number of amidine groups is 1. The van der Waals surface area contributed by atoms with Gasteiger partial charge in [0.15, 0.2) is 17.3 Å². The molecule has 1 aromatic rings. The number of ether oxygens (including phenoxy) is 3. The summed E-state index contributed by atoms with van der Waals surface area (Å²) in [6.07, 6.45) is 0. The molecule has 0 saturated carbocycles. The van der Waals surface area contributed by atoms with E-state index in [4.69, 9.17) is 25.2 Å². The molecular formula is C14H21N3O4. The Morgan fingerprint density at radius 2 is 2.14 bits per heavy atom. The highest BCUT2D eigenvalue weighted by molar-refractivity contribution is 5.97. The van der Waals surface area contributed by atoms with E-state index in [1.807, 2.05) is 0 Å². The molecule has 0 aromatic heterocycles. The van der Waals surface area contributed by atoms with Gasteiger partial charge < -0.3 is 25.2 Å². The lowest BCUT2D eigenvalue weighted by molar-refractivity contribution is 0.0321. The summed E-state index contributed by atoms with van der Waals surface area (Å²) in [6, 6.07) is 5.16. The molecule has 1 aliphatic rings. The molecule has 21 heavy (non-hydrogen) atoms. The van der Waals surface area contributed by atoms with Gasteiger partial charge in [-0.3, -0.25) is 4.90 Å². The van der Waals surface area contributed by atoms with Crippen molar-refractivity contribution in [2.24, 2.45) is 10.9 Å². The fourth-order valence-corrected chi connectivity index (χ4v) is 2.11. The molecule has 1 saturated heterocycles. The van der Waals surface area contributed by atoms with Crippen molar-refractivity contribution >= 4 is 5.84 Å². The van der Waals surface area contributed by atoms with Gasteiger partial charge in [0.05, 0.1) is 20.3 Å². The third-order valence-electron chi connectivity index (χ3n) is 3.34. The van der Waals surface area contributed by atoms with Crippen molar-refractivity contribution in [2.45, 2.75) is 0 Å². The monoisotopic (exact) mass is 295 g/mol. The molecule has 7 nitrogen and oxygen atoms in total. The van der Waals surface area contributed by atoms with Crippen LogP contribution in [0.4, 0.5) is 0 Å². The maximum Gasteiger partial charge on any atom is 0.170 e. The van der Waals surface area contributed by atoms with Crippen LogP contribution in [0.2, 0.25) is 0 Å². The zero-order valence-electron chi connectivity index (χ0n) is 12.1. The van der Waals surface area contributed by atoms with Crippen molar-refractivity contribution in [1.29, 1.82) is 0 Å². The summed E-state index contributed by atoms with van der Waals surface area (Å²) in [5, 5.41) is 11.6. The molecule has 7 heteroatoms. The van der Waals surface area contributed by atoms with Gasteiger partial charge in [-0.15, -0.1) is 0 Å². The highest BCUT2D eigenvalue weighted by Gasteiger charge is 2.12. The Kier molecular flexibility index (Phi) is 5.65. The average molecular weight is 295 g/mol. The van der Waals surface area contributed by atoms with E-state index in [9.17, 15) is 0 Å². The summed E-state index contributed by atoms with van der Waals surface area (Å²) >= 11 is 0. The van der Waals surface area contributed by atoms with E-state index in [1.165, 1.54) is 0 Å². The van der Waals surface area contributed by atoms with Crippen LogP contribution in [-0.4, -0.2) is 62.5 Å². The minimum Gasteiger partial charge on any atom is -0.493 e. The largest absolute Gasteiger partial charge is 0.493 e. The van der Waals surface area contributed by atoms with Gasteiger partial charge in [0.1, 0.15) is 6.61 Å². The van der Waals surface area contributed by atoms with Gasteiger partial charge in [-0.25, -0.2) is 0 Å². The van der Waals surface area contributed by atoms with Crippen LogP contribution in [0, 0.1) is 0 Å². The number of benzene rings is 1. The Morgan fingerprint density at radius 3 is 2.81 bits per heavy atom. The first-order valence-corrected chi connectivity index (χ1v) is 6.83. The lowest BCUT2D eigenvalue weighted by Crippen LogP contribution is -2.38. The number of nitrogens with zero attached hydrogens (tertiary/aromatic N) is 2. The van der Waals surface area contributed by atoms with Crippen molar-refractivity contribution in [2.75, 3.05) is 46.6 Å². The van der Waals surface area contributed by atoms with Gasteiger partial charge in [-0.05, 0) is 18.2 Å². The highest BCUT2D eigenvalue weighted by Crippen LogP contribution is 2.28. The van der Waals surface area contributed by atoms with E-state index in [0.29, 0.717) is 23.7 Å². The summed E-state index contributed by atoms with van der Waals surface area (Å²) in [4.78, 5) is 2.29. The van der Waals surface area contributed by atoms with Crippen molar-refractivity contribution in [1.82, 2.24) is 4.90 Å². The second-order valence-electron chi connectivity index (χ2n) is 4.65. The third-order valence-corrected chi connectivity index (χ3v) is 3.34. The standard InChI is InChI=1S/C14H21N3O4/c1-19-13-10-11(14(15)16-18)2-3-12(13)21-9-6-17-4-7-20-8-5-17/h2-3,10,18H,4-9H2,1H3,(H2,15,16). The zero-order chi connectivity index (χ0) is 15.1. The Labute approximate surface area is 123 Å². The van der Waals surface area contributed by atoms with Gasteiger partial charge in [0, 0.05) is 25.2 Å². The van der Waals surface area contributed by atoms with E-state index >= 15 is 0 Å². The quantitative estimate of drug-likeness (QED) is 0.344. The van der Waals surface area contributed by atoms with Gasteiger partial charge >= 0.3 is 0 Å². The van der Waals surface area contributed by atoms with E-state index in [2.05, 4.69) is 10.1 Å². The van der Waals surface area contributed by atoms with Crippen LogP contribution in [-0.2, 0) is 4.74 Å². The normalized spacial score (nSPS) is 16.7. The Hall–Kier alpha value is -1.99. The fourth-order valence-electron chi connectivity index (χ4n) is 2.11. The molecule has 0 aliphatic carbocycles. The highest BCUT2D eigenvalue weighted by atomic mass is 16.5. The molecule has 0 amide bonds. The summed E-state index contributed by atoms with van der Waals surface area (Å²) in [5.41, 5.74) is 6.13. The average Bonchev–Trinajstić information content (AvgIpc) is 2.55. The van der Waals surface area contributed by atoms with Crippen LogP contribution >= 0.6 is 0 Å². The lowest BCUT2D eigenvalue weighted by atomic mass is 10.2. The molecule has 1 aliphatic heterocycles. The summed E-state index contributed by atoms with van der Waals surface area (Å²) in [5.74, 6) is 1.23. The molecule has 0 radical (unpaired) electrons. The van der Waals surface area contributed by atoms with Crippen LogP contribution < -0.4 is 15.2 Å².